The van der Waals surface area contributed by atoms with Crippen molar-refractivity contribution in [2.45, 2.75) is 17.9 Å². The number of rotatable bonds is 8. The lowest BCUT2D eigenvalue weighted by Gasteiger charge is -2.37. The first-order chi connectivity index (χ1) is 18.4. The van der Waals surface area contributed by atoms with Gasteiger partial charge in [0, 0.05) is 33.2 Å². The Labute approximate surface area is 223 Å². The quantitative estimate of drug-likeness (QED) is 0.429. The molecule has 8 nitrogen and oxygen atoms in total. The Morgan fingerprint density at radius 2 is 1.66 bits per heavy atom. The third-order valence-corrected chi connectivity index (χ3v) is 9.37. The fraction of sp³-hybridized carbons (Fsp3) is 0.357. The summed E-state index contributed by atoms with van der Waals surface area (Å²) >= 11 is 0. The lowest BCUT2D eigenvalue weighted by Crippen LogP contribution is -2.52. The van der Waals surface area contributed by atoms with Crippen LogP contribution < -0.4 is 14.4 Å². The van der Waals surface area contributed by atoms with Gasteiger partial charge in [-0.15, -0.1) is 0 Å². The van der Waals surface area contributed by atoms with Gasteiger partial charge in [-0.25, -0.2) is 12.8 Å². The second-order valence-corrected chi connectivity index (χ2v) is 11.5. The maximum atomic E-state index is 14.2. The van der Waals surface area contributed by atoms with E-state index in [0.717, 1.165) is 11.1 Å². The molecule has 10 heteroatoms. The van der Waals surface area contributed by atoms with E-state index in [9.17, 15) is 12.8 Å². The molecular formula is C28H32FN3O5S. The van der Waals surface area contributed by atoms with Gasteiger partial charge in [0.05, 0.1) is 25.4 Å². The second kappa shape index (κ2) is 11.3. The largest absolute Gasteiger partial charge is 0.493 e. The molecule has 2 atom stereocenters. The minimum atomic E-state index is -3.71. The molecule has 3 aromatic rings. The molecule has 0 spiro atoms. The number of methoxy groups -OCH3 is 1. The van der Waals surface area contributed by atoms with Crippen LogP contribution in [0.3, 0.4) is 0 Å². The Kier molecular flexibility index (Phi) is 7.85. The molecule has 202 valence electrons. The number of nitrogens with zero attached hydrogens (tertiary/aromatic N) is 3. The van der Waals surface area contributed by atoms with Crippen LogP contribution in [0.4, 0.5) is 10.1 Å². The van der Waals surface area contributed by atoms with Crippen molar-refractivity contribution in [1.82, 2.24) is 9.37 Å². The Balaban J connectivity index is 1.31. The summed E-state index contributed by atoms with van der Waals surface area (Å²) in [6.45, 7) is 1.81. The molecule has 0 aromatic heterocycles. The molecule has 0 aliphatic carbocycles. The number of hydrogen-bond donors (Lipinski definition) is 0. The number of anilines is 1. The van der Waals surface area contributed by atoms with Crippen molar-refractivity contribution in [3.63, 3.8) is 0 Å². The average molecular weight is 542 g/mol. The molecule has 2 aliphatic rings. The van der Waals surface area contributed by atoms with Crippen LogP contribution >= 0.6 is 0 Å². The molecule has 0 radical (unpaired) electrons. The van der Waals surface area contributed by atoms with Crippen LogP contribution in [0, 0.1) is 5.82 Å². The third-order valence-electron chi connectivity index (χ3n) is 7.13. The topological polar surface area (TPSA) is 71.6 Å². The highest BCUT2D eigenvalue weighted by Crippen LogP contribution is 2.39. The number of hydrogen-bond acceptors (Lipinski definition) is 7. The zero-order valence-corrected chi connectivity index (χ0v) is 22.3. The standard InChI is InChI=1S/C28H32FN3O5S/c1-30-28(22-12-13-25(26(18-22)35-2)36-19-21-8-4-3-5-9-21)27(20-37-30)38(33,34)32-16-14-31(15-17-32)24-11-7-6-10-23(24)29/h3-13,18,27-28H,14-17,19-20H2,1-2H3/t27-,28+/m1/s1. The fourth-order valence-electron chi connectivity index (χ4n) is 5.08. The molecule has 2 heterocycles. The number of para-hydroxylation sites is 1. The van der Waals surface area contributed by atoms with Crippen LogP contribution in [0.5, 0.6) is 11.5 Å². The average Bonchev–Trinajstić information content (AvgIpc) is 3.35. The summed E-state index contributed by atoms with van der Waals surface area (Å²) in [5.41, 5.74) is 2.28. The van der Waals surface area contributed by atoms with Crippen LogP contribution in [0.15, 0.2) is 72.8 Å². The molecule has 0 unspecified atom stereocenters. The molecule has 38 heavy (non-hydrogen) atoms. The lowest BCUT2D eigenvalue weighted by molar-refractivity contribution is -0.110. The third kappa shape index (κ3) is 5.35. The first kappa shape index (κ1) is 26.4. The van der Waals surface area contributed by atoms with Gasteiger partial charge in [0.15, 0.2) is 11.5 Å². The molecule has 5 rings (SSSR count). The van der Waals surface area contributed by atoms with Gasteiger partial charge in [0.1, 0.15) is 17.7 Å². The number of sulfonamides is 1. The van der Waals surface area contributed by atoms with Gasteiger partial charge >= 0.3 is 0 Å². The van der Waals surface area contributed by atoms with E-state index in [2.05, 4.69) is 0 Å². The minimum Gasteiger partial charge on any atom is -0.493 e. The monoisotopic (exact) mass is 541 g/mol. The molecule has 2 aliphatic heterocycles. The van der Waals surface area contributed by atoms with Gasteiger partial charge in [-0.3, -0.25) is 4.84 Å². The van der Waals surface area contributed by atoms with Gasteiger partial charge in [-0.05, 0) is 35.4 Å². The van der Waals surface area contributed by atoms with Crippen molar-refractivity contribution in [2.75, 3.05) is 51.8 Å². The van der Waals surface area contributed by atoms with Crippen LogP contribution in [-0.2, 0) is 21.5 Å². The van der Waals surface area contributed by atoms with Gasteiger partial charge in [0.25, 0.3) is 0 Å². The number of benzene rings is 3. The Morgan fingerprint density at radius 1 is 0.947 bits per heavy atom. The fourth-order valence-corrected chi connectivity index (χ4v) is 7.02. The van der Waals surface area contributed by atoms with E-state index in [1.54, 1.807) is 43.5 Å². The van der Waals surface area contributed by atoms with E-state index in [1.807, 2.05) is 47.4 Å². The highest BCUT2D eigenvalue weighted by atomic mass is 32.2. The van der Waals surface area contributed by atoms with E-state index in [4.69, 9.17) is 14.3 Å². The first-order valence-electron chi connectivity index (χ1n) is 12.6. The highest BCUT2D eigenvalue weighted by molar-refractivity contribution is 7.89. The van der Waals surface area contributed by atoms with E-state index >= 15 is 0 Å². The molecule has 0 saturated carbocycles. The number of ether oxygens (including phenoxy) is 2. The smallest absolute Gasteiger partial charge is 0.221 e. The molecule has 2 saturated heterocycles. The van der Waals surface area contributed by atoms with Crippen LogP contribution in [0.1, 0.15) is 17.2 Å². The zero-order valence-electron chi connectivity index (χ0n) is 21.5. The SMILES string of the molecule is COc1cc([C@H]2[C@H](S(=O)(=O)N3CCN(c4ccccc4F)CC3)CON2C)ccc1OCc1ccccc1. The highest BCUT2D eigenvalue weighted by Gasteiger charge is 2.46. The number of halogens is 1. The summed E-state index contributed by atoms with van der Waals surface area (Å²) in [4.78, 5) is 7.60. The Hall–Kier alpha value is -3.18. The Morgan fingerprint density at radius 3 is 2.37 bits per heavy atom. The lowest BCUT2D eigenvalue weighted by atomic mass is 10.0. The van der Waals surface area contributed by atoms with Crippen LogP contribution in [0.2, 0.25) is 0 Å². The maximum Gasteiger partial charge on any atom is 0.221 e. The summed E-state index contributed by atoms with van der Waals surface area (Å²) in [6.07, 6.45) is 0. The van der Waals surface area contributed by atoms with Crippen molar-refractivity contribution in [1.29, 1.82) is 0 Å². The zero-order chi connectivity index (χ0) is 26.7. The molecule has 2 fully saturated rings. The summed E-state index contributed by atoms with van der Waals surface area (Å²) in [7, 11) is -0.409. The van der Waals surface area contributed by atoms with E-state index in [1.165, 1.54) is 10.4 Å². The van der Waals surface area contributed by atoms with Crippen molar-refractivity contribution in [3.05, 3.63) is 89.7 Å². The van der Waals surface area contributed by atoms with E-state index in [0.29, 0.717) is 36.9 Å². The van der Waals surface area contributed by atoms with Crippen LogP contribution in [0.25, 0.3) is 0 Å². The first-order valence-corrected chi connectivity index (χ1v) is 14.1. The Bertz CT molecular complexity index is 1350. The van der Waals surface area contributed by atoms with E-state index < -0.39 is 21.3 Å². The van der Waals surface area contributed by atoms with Crippen molar-refractivity contribution >= 4 is 15.7 Å². The number of piperazine rings is 1. The molecule has 0 N–H and O–H groups in total. The van der Waals surface area contributed by atoms with Gasteiger partial charge < -0.3 is 14.4 Å². The molecule has 3 aromatic carbocycles. The molecule has 0 bridgehead atoms. The molecular weight excluding hydrogens is 509 g/mol. The normalized spacial score (nSPS) is 21.0. The van der Waals surface area contributed by atoms with Gasteiger partial charge in [0.2, 0.25) is 10.0 Å². The maximum absolute atomic E-state index is 14.2. The van der Waals surface area contributed by atoms with Gasteiger partial charge in [-0.2, -0.15) is 9.37 Å². The summed E-state index contributed by atoms with van der Waals surface area (Å²) in [5.74, 6) is 0.790. The van der Waals surface area contributed by atoms with Crippen molar-refractivity contribution < 1.29 is 27.1 Å². The van der Waals surface area contributed by atoms with E-state index in [-0.39, 0.29) is 25.5 Å². The predicted molar refractivity (Wildman–Crippen MR) is 143 cm³/mol. The summed E-state index contributed by atoms with van der Waals surface area (Å²) in [5, 5.41) is 0.796. The van der Waals surface area contributed by atoms with Crippen molar-refractivity contribution in [2.24, 2.45) is 0 Å². The second-order valence-electron chi connectivity index (χ2n) is 9.39. The van der Waals surface area contributed by atoms with Gasteiger partial charge in [-0.1, -0.05) is 48.5 Å². The summed E-state index contributed by atoms with van der Waals surface area (Å²) < 4.78 is 54.9. The van der Waals surface area contributed by atoms with Crippen LogP contribution in [-0.4, -0.2) is 70.0 Å². The molecule has 0 amide bonds. The minimum absolute atomic E-state index is 0.0472. The number of hydroxylamine groups is 2. The predicted octanol–water partition coefficient (Wildman–Crippen LogP) is 3.85. The van der Waals surface area contributed by atoms with Crippen molar-refractivity contribution in [3.8, 4) is 11.5 Å². The summed E-state index contributed by atoms with van der Waals surface area (Å²) in [6, 6.07) is 21.3.